The maximum absolute atomic E-state index is 14.0. The van der Waals surface area contributed by atoms with E-state index in [4.69, 9.17) is 0 Å². The van der Waals surface area contributed by atoms with E-state index in [2.05, 4.69) is 39.8 Å². The van der Waals surface area contributed by atoms with Gasteiger partial charge >= 0.3 is 0 Å². The van der Waals surface area contributed by atoms with Crippen molar-refractivity contribution in [2.24, 2.45) is 5.92 Å². The van der Waals surface area contributed by atoms with E-state index in [1.807, 2.05) is 12.1 Å². The molecular weight excluding hydrogens is 283 g/mol. The van der Waals surface area contributed by atoms with E-state index in [1.54, 1.807) is 13.8 Å². The zero-order valence-electron chi connectivity index (χ0n) is 16.2. The fraction of sp³-hybridized carbons (Fsp3) is 0.727. The monoisotopic (exact) mass is 320 g/mol. The van der Waals surface area contributed by atoms with Crippen LogP contribution in [0, 0.1) is 5.92 Å². The minimum Gasteiger partial charge on any atom is -0.239 e. The summed E-state index contributed by atoms with van der Waals surface area (Å²) in [6, 6.07) is 8.12. The molecule has 0 aromatic heterocycles. The summed E-state index contributed by atoms with van der Waals surface area (Å²) in [7, 11) is 0. The van der Waals surface area contributed by atoms with Crippen LogP contribution < -0.4 is 0 Å². The van der Waals surface area contributed by atoms with E-state index in [9.17, 15) is 4.39 Å². The molecule has 0 fully saturated rings. The maximum Gasteiger partial charge on any atom is 0.130 e. The van der Waals surface area contributed by atoms with Crippen molar-refractivity contribution in [2.75, 3.05) is 0 Å². The van der Waals surface area contributed by atoms with Crippen LogP contribution in [0.15, 0.2) is 24.3 Å². The lowest BCUT2D eigenvalue weighted by atomic mass is 9.79. The van der Waals surface area contributed by atoms with Gasteiger partial charge in [0.1, 0.15) is 5.67 Å². The van der Waals surface area contributed by atoms with Crippen LogP contribution in [0.25, 0.3) is 0 Å². The van der Waals surface area contributed by atoms with Crippen LogP contribution in [-0.4, -0.2) is 0 Å². The standard InChI is InChI=1S/C22H37F/c1-7-11-18(2)12-9-8-10-17-21(3,4)19-13-15-20(16-14-19)22(5,6)23/h13-16,18H,7-12,17H2,1-6H3. The van der Waals surface area contributed by atoms with Crippen molar-refractivity contribution in [3.63, 3.8) is 0 Å². The van der Waals surface area contributed by atoms with Gasteiger partial charge in [0.25, 0.3) is 0 Å². The Hall–Kier alpha value is -0.850. The zero-order chi connectivity index (χ0) is 17.5. The Kier molecular flexibility index (Phi) is 7.77. The van der Waals surface area contributed by atoms with Crippen molar-refractivity contribution in [1.82, 2.24) is 0 Å². The molecule has 23 heavy (non-hydrogen) atoms. The lowest BCUT2D eigenvalue weighted by molar-refractivity contribution is 0.221. The van der Waals surface area contributed by atoms with Crippen molar-refractivity contribution in [3.05, 3.63) is 35.4 Å². The molecular formula is C22H37F. The van der Waals surface area contributed by atoms with Gasteiger partial charge in [-0.15, -0.1) is 0 Å². The van der Waals surface area contributed by atoms with Crippen LogP contribution in [0.1, 0.15) is 97.6 Å². The number of alkyl halides is 1. The summed E-state index contributed by atoms with van der Waals surface area (Å²) < 4.78 is 14.0. The fourth-order valence-electron chi connectivity index (χ4n) is 3.34. The van der Waals surface area contributed by atoms with Gasteiger partial charge < -0.3 is 0 Å². The number of hydrogen-bond donors (Lipinski definition) is 0. The lowest BCUT2D eigenvalue weighted by Crippen LogP contribution is -2.18. The number of halogens is 1. The van der Waals surface area contributed by atoms with Gasteiger partial charge in [-0.1, -0.05) is 90.5 Å². The second-order valence-electron chi connectivity index (χ2n) is 8.43. The normalized spacial score (nSPS) is 14.0. The lowest BCUT2D eigenvalue weighted by Gasteiger charge is -2.26. The van der Waals surface area contributed by atoms with Gasteiger partial charge in [0.05, 0.1) is 0 Å². The third-order valence-electron chi connectivity index (χ3n) is 5.13. The summed E-state index contributed by atoms with van der Waals surface area (Å²) in [5.74, 6) is 0.879. The topological polar surface area (TPSA) is 0 Å². The summed E-state index contributed by atoms with van der Waals surface area (Å²) in [6.07, 6.45) is 9.20. The van der Waals surface area contributed by atoms with Crippen molar-refractivity contribution < 1.29 is 4.39 Å². The molecule has 1 aromatic rings. The van der Waals surface area contributed by atoms with Gasteiger partial charge in [-0.05, 0) is 42.7 Å². The summed E-state index contributed by atoms with van der Waals surface area (Å²) in [5, 5.41) is 0. The third kappa shape index (κ3) is 7.06. The van der Waals surface area contributed by atoms with E-state index in [0.717, 1.165) is 11.5 Å². The van der Waals surface area contributed by atoms with Crippen molar-refractivity contribution in [3.8, 4) is 0 Å². The van der Waals surface area contributed by atoms with Crippen molar-refractivity contribution >= 4 is 0 Å². The molecule has 0 bridgehead atoms. The summed E-state index contributed by atoms with van der Waals surface area (Å²) in [6.45, 7) is 12.5. The molecule has 0 heterocycles. The van der Waals surface area contributed by atoms with E-state index in [0.29, 0.717) is 0 Å². The minimum absolute atomic E-state index is 0.175. The molecule has 0 aliphatic rings. The Labute approximate surface area is 143 Å². The van der Waals surface area contributed by atoms with E-state index < -0.39 is 5.67 Å². The van der Waals surface area contributed by atoms with Gasteiger partial charge in [-0.3, -0.25) is 0 Å². The average molecular weight is 321 g/mol. The first-order chi connectivity index (χ1) is 10.7. The highest BCUT2D eigenvalue weighted by Gasteiger charge is 2.22. The molecule has 1 aromatic carbocycles. The first-order valence-electron chi connectivity index (χ1n) is 9.46. The zero-order valence-corrected chi connectivity index (χ0v) is 16.2. The SMILES string of the molecule is CCCC(C)CCCCCC(C)(C)c1ccc(C(C)(C)F)cc1. The van der Waals surface area contributed by atoms with Crippen LogP contribution in [-0.2, 0) is 11.1 Å². The van der Waals surface area contributed by atoms with Crippen LogP contribution in [0.2, 0.25) is 0 Å². The summed E-state index contributed by atoms with van der Waals surface area (Å²) in [4.78, 5) is 0. The molecule has 0 saturated carbocycles. The highest BCUT2D eigenvalue weighted by molar-refractivity contribution is 5.30. The molecule has 0 N–H and O–H groups in total. The molecule has 0 saturated heterocycles. The molecule has 1 atom stereocenters. The summed E-state index contributed by atoms with van der Waals surface area (Å²) in [5.41, 5.74) is 1.01. The average Bonchev–Trinajstić information content (AvgIpc) is 2.46. The van der Waals surface area contributed by atoms with Gasteiger partial charge in [0.15, 0.2) is 0 Å². The van der Waals surface area contributed by atoms with Crippen LogP contribution in [0.3, 0.4) is 0 Å². The molecule has 0 amide bonds. The Bertz CT molecular complexity index is 436. The highest BCUT2D eigenvalue weighted by atomic mass is 19.1. The van der Waals surface area contributed by atoms with Crippen LogP contribution in [0.4, 0.5) is 4.39 Å². The predicted octanol–water partition coefficient (Wildman–Crippen LogP) is 7.56. The quantitative estimate of drug-likeness (QED) is 0.390. The highest BCUT2D eigenvalue weighted by Crippen LogP contribution is 2.32. The molecule has 0 radical (unpaired) electrons. The molecule has 1 rings (SSSR count). The molecule has 1 heteroatoms. The van der Waals surface area contributed by atoms with Crippen molar-refractivity contribution in [2.45, 2.75) is 97.6 Å². The molecule has 0 nitrogen and oxygen atoms in total. The Morgan fingerprint density at radius 2 is 1.43 bits per heavy atom. The molecule has 132 valence electrons. The Morgan fingerprint density at radius 3 is 1.96 bits per heavy atom. The van der Waals surface area contributed by atoms with E-state index in [1.165, 1.54) is 50.5 Å². The smallest absolute Gasteiger partial charge is 0.130 e. The van der Waals surface area contributed by atoms with Gasteiger partial charge in [-0.25, -0.2) is 4.39 Å². The van der Waals surface area contributed by atoms with E-state index in [-0.39, 0.29) is 5.41 Å². The number of hydrogen-bond acceptors (Lipinski definition) is 0. The van der Waals surface area contributed by atoms with Crippen molar-refractivity contribution in [1.29, 1.82) is 0 Å². The Morgan fingerprint density at radius 1 is 0.870 bits per heavy atom. The predicted molar refractivity (Wildman–Crippen MR) is 101 cm³/mol. The minimum atomic E-state index is -1.25. The van der Waals surface area contributed by atoms with Crippen LogP contribution >= 0.6 is 0 Å². The first-order valence-corrected chi connectivity index (χ1v) is 9.46. The number of rotatable bonds is 10. The molecule has 0 aliphatic heterocycles. The fourth-order valence-corrected chi connectivity index (χ4v) is 3.34. The summed E-state index contributed by atoms with van der Waals surface area (Å²) >= 11 is 0. The van der Waals surface area contributed by atoms with E-state index >= 15 is 0 Å². The number of unbranched alkanes of at least 4 members (excludes halogenated alkanes) is 2. The second-order valence-corrected chi connectivity index (χ2v) is 8.43. The second kappa shape index (κ2) is 8.85. The van der Waals surface area contributed by atoms with Gasteiger partial charge in [0.2, 0.25) is 0 Å². The third-order valence-corrected chi connectivity index (χ3v) is 5.13. The van der Waals surface area contributed by atoms with Gasteiger partial charge in [0, 0.05) is 0 Å². The molecule has 1 unspecified atom stereocenters. The van der Waals surface area contributed by atoms with Crippen LogP contribution in [0.5, 0.6) is 0 Å². The molecule has 0 spiro atoms. The molecule has 0 aliphatic carbocycles. The maximum atomic E-state index is 14.0. The largest absolute Gasteiger partial charge is 0.239 e. The first kappa shape index (κ1) is 20.2. The Balaban J connectivity index is 2.43. The number of benzene rings is 1. The van der Waals surface area contributed by atoms with Gasteiger partial charge in [-0.2, -0.15) is 0 Å².